The number of urea groups is 1. The average molecular weight is 523 g/mol. The van der Waals surface area contributed by atoms with Crippen molar-refractivity contribution in [2.45, 2.75) is 0 Å². The van der Waals surface area contributed by atoms with Gasteiger partial charge < -0.3 is 25.0 Å². The Labute approximate surface area is 217 Å². The molecule has 1 aliphatic rings. The number of morpholine rings is 1. The van der Waals surface area contributed by atoms with Crippen LogP contribution in [0.25, 0.3) is 11.3 Å². The van der Waals surface area contributed by atoms with Crippen molar-refractivity contribution in [1.82, 2.24) is 14.8 Å². The van der Waals surface area contributed by atoms with Crippen LogP contribution in [0.3, 0.4) is 0 Å². The molecule has 1 fully saturated rings. The van der Waals surface area contributed by atoms with Crippen molar-refractivity contribution in [3.8, 4) is 22.8 Å². The second-order valence-electron chi connectivity index (χ2n) is 8.40. The van der Waals surface area contributed by atoms with E-state index in [4.69, 9.17) is 21.1 Å². The second kappa shape index (κ2) is 10.9. The Bertz CT molecular complexity index is 1420. The van der Waals surface area contributed by atoms with Crippen LogP contribution >= 0.6 is 11.6 Å². The van der Waals surface area contributed by atoms with Gasteiger partial charge in [-0.3, -0.25) is 9.67 Å². The number of rotatable bonds is 6. The minimum Gasteiger partial charge on any atom is -0.457 e. The topological polar surface area (TPSA) is 93.5 Å². The molecule has 1 aliphatic heterocycles. The summed E-state index contributed by atoms with van der Waals surface area (Å²) >= 11 is 6.26. The molecule has 9 nitrogen and oxygen atoms in total. The van der Waals surface area contributed by atoms with Gasteiger partial charge in [0.1, 0.15) is 17.3 Å². The Morgan fingerprint density at radius 1 is 1.08 bits per heavy atom. The molecule has 1 saturated heterocycles. The largest absolute Gasteiger partial charge is 0.457 e. The minimum absolute atomic E-state index is 0.00561. The smallest absolute Gasteiger partial charge is 0.323 e. The van der Waals surface area contributed by atoms with Crippen LogP contribution in [-0.4, -0.2) is 47.1 Å². The average Bonchev–Trinajstić information content (AvgIpc) is 3.32. The van der Waals surface area contributed by atoms with E-state index in [1.54, 1.807) is 41.3 Å². The summed E-state index contributed by atoms with van der Waals surface area (Å²) in [5.74, 6) is 0.120. The lowest BCUT2D eigenvalue weighted by molar-refractivity contribution is 0.122. The minimum atomic E-state index is -0.644. The van der Waals surface area contributed by atoms with Crippen molar-refractivity contribution in [2.24, 2.45) is 7.05 Å². The van der Waals surface area contributed by atoms with Crippen LogP contribution in [0, 0.1) is 5.82 Å². The van der Waals surface area contributed by atoms with Crippen LogP contribution in [-0.2, 0) is 11.8 Å². The van der Waals surface area contributed by atoms with E-state index in [1.807, 2.05) is 25.4 Å². The van der Waals surface area contributed by atoms with Crippen LogP contribution in [0.2, 0.25) is 5.02 Å². The van der Waals surface area contributed by atoms with Crippen LogP contribution in [0.5, 0.6) is 11.5 Å². The lowest BCUT2D eigenvalue weighted by Crippen LogP contribution is -2.36. The maximum atomic E-state index is 14.8. The van der Waals surface area contributed by atoms with Gasteiger partial charge in [0.15, 0.2) is 0 Å². The fourth-order valence-electron chi connectivity index (χ4n) is 3.92. The van der Waals surface area contributed by atoms with Crippen molar-refractivity contribution in [2.75, 3.05) is 41.8 Å². The van der Waals surface area contributed by atoms with Gasteiger partial charge in [0.25, 0.3) is 0 Å². The molecule has 2 aromatic carbocycles. The number of aromatic nitrogens is 3. The number of anilines is 3. The molecule has 0 saturated carbocycles. The lowest BCUT2D eigenvalue weighted by atomic mass is 10.2. The number of carbonyl (C=O) groups is 1. The quantitative estimate of drug-likeness (QED) is 0.345. The molecule has 0 aliphatic carbocycles. The molecule has 37 heavy (non-hydrogen) atoms. The number of aryl methyl sites for hydroxylation is 1. The molecule has 5 rings (SSSR count). The highest BCUT2D eigenvalue weighted by Crippen LogP contribution is 2.29. The van der Waals surface area contributed by atoms with Crippen molar-refractivity contribution in [3.05, 3.63) is 78.0 Å². The van der Waals surface area contributed by atoms with Gasteiger partial charge in [-0.2, -0.15) is 5.10 Å². The van der Waals surface area contributed by atoms with E-state index in [0.29, 0.717) is 35.4 Å². The molecule has 0 atom stereocenters. The van der Waals surface area contributed by atoms with E-state index in [2.05, 4.69) is 25.6 Å². The molecule has 2 N–H and O–H groups in total. The van der Waals surface area contributed by atoms with E-state index in [1.165, 1.54) is 12.1 Å². The molecule has 3 heterocycles. The van der Waals surface area contributed by atoms with Gasteiger partial charge in [-0.25, -0.2) is 9.18 Å². The highest BCUT2D eigenvalue weighted by Gasteiger charge is 2.15. The molecular weight excluding hydrogens is 499 g/mol. The third kappa shape index (κ3) is 6.16. The first-order chi connectivity index (χ1) is 17.9. The maximum Gasteiger partial charge on any atom is 0.323 e. The number of benzene rings is 2. The van der Waals surface area contributed by atoms with Crippen LogP contribution in [0.4, 0.5) is 26.2 Å². The monoisotopic (exact) mass is 522 g/mol. The molecule has 4 aromatic rings. The summed E-state index contributed by atoms with van der Waals surface area (Å²) < 4.78 is 27.7. The first-order valence-electron chi connectivity index (χ1n) is 11.6. The number of halogens is 2. The van der Waals surface area contributed by atoms with Gasteiger partial charge in [-0.05, 0) is 36.4 Å². The predicted octanol–water partition coefficient (Wildman–Crippen LogP) is 5.55. The number of amides is 2. The van der Waals surface area contributed by atoms with E-state index in [9.17, 15) is 9.18 Å². The normalized spacial score (nSPS) is 13.3. The highest BCUT2D eigenvalue weighted by molar-refractivity contribution is 6.31. The van der Waals surface area contributed by atoms with E-state index >= 15 is 0 Å². The SMILES string of the molecule is Cn1cc(-c2cc(Oc3ccc(NC(=O)Nc4cc(Cl)cc(N5CCOCC5)c4)c(F)c3)ccn2)cn1. The molecule has 11 heteroatoms. The first-order valence-corrected chi connectivity index (χ1v) is 11.9. The van der Waals surface area contributed by atoms with Gasteiger partial charge in [0.2, 0.25) is 0 Å². The number of carbonyl (C=O) groups excluding carboxylic acids is 1. The Hall–Kier alpha value is -4.15. The third-order valence-electron chi connectivity index (χ3n) is 5.67. The van der Waals surface area contributed by atoms with Crippen LogP contribution in [0.15, 0.2) is 67.1 Å². The molecule has 2 amide bonds. The van der Waals surface area contributed by atoms with Crippen molar-refractivity contribution in [1.29, 1.82) is 0 Å². The molecule has 190 valence electrons. The Morgan fingerprint density at radius 3 is 2.65 bits per heavy atom. The summed E-state index contributed by atoms with van der Waals surface area (Å²) in [6, 6.07) is 12.3. The zero-order valence-corrected chi connectivity index (χ0v) is 20.7. The molecule has 0 unspecified atom stereocenters. The van der Waals surface area contributed by atoms with Crippen LogP contribution in [0.1, 0.15) is 0 Å². The first kappa shape index (κ1) is 24.5. The van der Waals surface area contributed by atoms with Gasteiger partial charge in [0, 0.05) is 66.6 Å². The summed E-state index contributed by atoms with van der Waals surface area (Å²) in [7, 11) is 1.82. The molecular formula is C26H24ClFN6O3. The van der Waals surface area contributed by atoms with Crippen LogP contribution < -0.4 is 20.3 Å². The number of pyridine rings is 1. The van der Waals surface area contributed by atoms with Gasteiger partial charge >= 0.3 is 6.03 Å². The number of nitrogens with zero attached hydrogens (tertiary/aromatic N) is 4. The van der Waals surface area contributed by atoms with Gasteiger partial charge in [-0.1, -0.05) is 11.6 Å². The van der Waals surface area contributed by atoms with E-state index in [0.717, 1.165) is 24.3 Å². The Morgan fingerprint density at radius 2 is 1.89 bits per heavy atom. The zero-order valence-electron chi connectivity index (χ0n) is 19.9. The fraction of sp³-hybridized carbons (Fsp3) is 0.192. The number of nitrogens with one attached hydrogen (secondary N) is 2. The number of hydrogen-bond donors (Lipinski definition) is 2. The zero-order chi connectivity index (χ0) is 25.8. The maximum absolute atomic E-state index is 14.8. The van der Waals surface area contributed by atoms with E-state index in [-0.39, 0.29) is 11.4 Å². The Kier molecular flexibility index (Phi) is 7.20. The Balaban J connectivity index is 1.23. The molecule has 0 spiro atoms. The highest BCUT2D eigenvalue weighted by atomic mass is 35.5. The fourth-order valence-corrected chi connectivity index (χ4v) is 4.15. The molecule has 0 radical (unpaired) electrons. The molecule has 0 bridgehead atoms. The van der Waals surface area contributed by atoms with E-state index < -0.39 is 11.8 Å². The number of hydrogen-bond acceptors (Lipinski definition) is 6. The summed E-state index contributed by atoms with van der Waals surface area (Å²) in [5, 5.41) is 9.86. The van der Waals surface area contributed by atoms with Crippen molar-refractivity contribution < 1.29 is 18.7 Å². The third-order valence-corrected chi connectivity index (χ3v) is 5.89. The summed E-state index contributed by atoms with van der Waals surface area (Å²) in [6.07, 6.45) is 5.14. The van der Waals surface area contributed by atoms with Crippen molar-refractivity contribution in [3.63, 3.8) is 0 Å². The second-order valence-corrected chi connectivity index (χ2v) is 8.84. The number of ether oxygens (including phenoxy) is 2. The van der Waals surface area contributed by atoms with Crippen molar-refractivity contribution >= 4 is 34.7 Å². The molecule has 2 aromatic heterocycles. The summed E-state index contributed by atoms with van der Waals surface area (Å²) in [5.41, 5.74) is 2.89. The lowest BCUT2D eigenvalue weighted by Gasteiger charge is -2.29. The predicted molar refractivity (Wildman–Crippen MR) is 140 cm³/mol. The summed E-state index contributed by atoms with van der Waals surface area (Å²) in [4.78, 5) is 19.0. The van der Waals surface area contributed by atoms with Gasteiger partial charge in [-0.15, -0.1) is 0 Å². The van der Waals surface area contributed by atoms with Gasteiger partial charge in [0.05, 0.1) is 30.8 Å². The standard InChI is InChI=1S/C26H24ClFN6O3/c1-33-16-17(15-30-33)25-14-22(4-5-29-25)37-21-2-3-24(23(28)13-21)32-26(35)31-19-10-18(27)11-20(12-19)34-6-8-36-9-7-34/h2-5,10-16H,6-9H2,1H3,(H2,31,32,35). The summed E-state index contributed by atoms with van der Waals surface area (Å²) in [6.45, 7) is 2.72.